The lowest BCUT2D eigenvalue weighted by molar-refractivity contribution is 0.385. The molecule has 23 heavy (non-hydrogen) atoms. The van der Waals surface area contributed by atoms with Gasteiger partial charge < -0.3 is 4.90 Å². The van der Waals surface area contributed by atoms with Crippen LogP contribution in [0.4, 0.5) is 5.69 Å². The molecule has 0 unspecified atom stereocenters. The number of para-hydroxylation sites is 1. The number of piperazine rings is 1. The SMILES string of the molecule is O=S(=O)(c1ccc(Br)cc1Cl)N1CCN(c2ccccc2)CC1. The van der Waals surface area contributed by atoms with Gasteiger partial charge in [-0.05, 0) is 30.3 Å². The first-order valence-corrected chi connectivity index (χ1v) is 9.85. The number of benzene rings is 2. The molecule has 0 N–H and O–H groups in total. The van der Waals surface area contributed by atoms with E-state index in [9.17, 15) is 8.42 Å². The quantitative estimate of drug-likeness (QED) is 0.769. The first-order valence-electron chi connectivity index (χ1n) is 7.24. The van der Waals surface area contributed by atoms with E-state index >= 15 is 0 Å². The van der Waals surface area contributed by atoms with Crippen molar-refractivity contribution in [3.05, 3.63) is 58.0 Å². The van der Waals surface area contributed by atoms with Gasteiger partial charge in [0.15, 0.2) is 0 Å². The Morgan fingerprint density at radius 1 is 0.957 bits per heavy atom. The number of nitrogens with zero attached hydrogens (tertiary/aromatic N) is 2. The summed E-state index contributed by atoms with van der Waals surface area (Å²) in [5.41, 5.74) is 1.12. The van der Waals surface area contributed by atoms with E-state index in [-0.39, 0.29) is 9.92 Å². The van der Waals surface area contributed by atoms with Gasteiger partial charge in [-0.3, -0.25) is 0 Å². The highest BCUT2D eigenvalue weighted by atomic mass is 79.9. The molecule has 0 atom stereocenters. The van der Waals surface area contributed by atoms with Gasteiger partial charge in [-0.15, -0.1) is 0 Å². The molecule has 3 rings (SSSR count). The number of anilines is 1. The van der Waals surface area contributed by atoms with Crippen molar-refractivity contribution in [3.63, 3.8) is 0 Å². The summed E-state index contributed by atoms with van der Waals surface area (Å²) in [5.74, 6) is 0. The van der Waals surface area contributed by atoms with Crippen molar-refractivity contribution >= 4 is 43.2 Å². The molecule has 0 saturated carbocycles. The topological polar surface area (TPSA) is 40.6 Å². The minimum atomic E-state index is -3.56. The Bertz CT molecular complexity index is 791. The van der Waals surface area contributed by atoms with Crippen molar-refractivity contribution in [3.8, 4) is 0 Å². The number of rotatable bonds is 3. The Hall–Kier alpha value is -1.08. The van der Waals surface area contributed by atoms with Crippen LogP contribution >= 0.6 is 27.5 Å². The molecule has 0 aromatic heterocycles. The number of halogens is 2. The van der Waals surface area contributed by atoms with Crippen LogP contribution in [-0.2, 0) is 10.0 Å². The van der Waals surface area contributed by atoms with Crippen molar-refractivity contribution < 1.29 is 8.42 Å². The number of sulfonamides is 1. The highest BCUT2D eigenvalue weighted by molar-refractivity contribution is 9.10. The fraction of sp³-hybridized carbons (Fsp3) is 0.250. The fourth-order valence-corrected chi connectivity index (χ4v) is 5.08. The average Bonchev–Trinajstić information content (AvgIpc) is 2.55. The van der Waals surface area contributed by atoms with Crippen molar-refractivity contribution in [2.24, 2.45) is 0 Å². The molecule has 0 radical (unpaired) electrons. The third-order valence-corrected chi connectivity index (χ3v) is 6.75. The molecular weight excluding hydrogens is 400 g/mol. The summed E-state index contributed by atoms with van der Waals surface area (Å²) >= 11 is 9.40. The van der Waals surface area contributed by atoms with Gasteiger partial charge in [0, 0.05) is 36.3 Å². The Kier molecular flexibility index (Phi) is 4.96. The third-order valence-electron chi connectivity index (χ3n) is 3.87. The molecule has 0 amide bonds. The molecule has 7 heteroatoms. The van der Waals surface area contributed by atoms with Gasteiger partial charge in [0.1, 0.15) is 4.90 Å². The lowest BCUT2D eigenvalue weighted by Crippen LogP contribution is -2.48. The fourth-order valence-electron chi connectivity index (χ4n) is 2.65. The summed E-state index contributed by atoms with van der Waals surface area (Å²) in [6.07, 6.45) is 0. The lowest BCUT2D eigenvalue weighted by Gasteiger charge is -2.35. The molecule has 1 saturated heterocycles. The average molecular weight is 416 g/mol. The van der Waals surface area contributed by atoms with Crippen LogP contribution in [-0.4, -0.2) is 38.9 Å². The van der Waals surface area contributed by atoms with E-state index in [4.69, 9.17) is 11.6 Å². The van der Waals surface area contributed by atoms with Crippen molar-refractivity contribution in [1.82, 2.24) is 4.31 Å². The summed E-state index contributed by atoms with van der Waals surface area (Å²) in [6.45, 7) is 2.22. The largest absolute Gasteiger partial charge is 0.369 e. The number of hydrogen-bond acceptors (Lipinski definition) is 3. The van der Waals surface area contributed by atoms with Crippen molar-refractivity contribution in [1.29, 1.82) is 0 Å². The van der Waals surface area contributed by atoms with Crippen LogP contribution in [0.5, 0.6) is 0 Å². The highest BCUT2D eigenvalue weighted by Gasteiger charge is 2.30. The summed E-state index contributed by atoms with van der Waals surface area (Å²) < 4.78 is 27.8. The van der Waals surface area contributed by atoms with Gasteiger partial charge in [0.25, 0.3) is 0 Å². The predicted octanol–water partition coefficient (Wildman–Crippen LogP) is 3.61. The van der Waals surface area contributed by atoms with Crippen molar-refractivity contribution in [2.75, 3.05) is 31.1 Å². The zero-order valence-electron chi connectivity index (χ0n) is 12.3. The smallest absolute Gasteiger partial charge is 0.244 e. The van der Waals surface area contributed by atoms with E-state index in [0.29, 0.717) is 26.2 Å². The second-order valence-corrected chi connectivity index (χ2v) is 8.53. The van der Waals surface area contributed by atoms with E-state index < -0.39 is 10.0 Å². The monoisotopic (exact) mass is 414 g/mol. The molecule has 122 valence electrons. The normalized spacial score (nSPS) is 16.5. The summed E-state index contributed by atoms with van der Waals surface area (Å²) in [5, 5.41) is 0.241. The zero-order chi connectivity index (χ0) is 16.4. The minimum absolute atomic E-state index is 0.163. The van der Waals surface area contributed by atoms with E-state index in [1.54, 1.807) is 18.2 Å². The molecule has 2 aromatic rings. The standard InChI is InChI=1S/C16H16BrClN2O2S/c17-13-6-7-16(15(18)12-13)23(21,22)20-10-8-19(9-11-20)14-4-2-1-3-5-14/h1-7,12H,8-11H2. The Labute approximate surface area is 149 Å². The van der Waals surface area contributed by atoms with E-state index in [2.05, 4.69) is 20.8 Å². The summed E-state index contributed by atoms with van der Waals surface area (Å²) in [6, 6.07) is 14.9. The van der Waals surface area contributed by atoms with Crippen LogP contribution in [0, 0.1) is 0 Å². The molecule has 2 aromatic carbocycles. The Morgan fingerprint density at radius 3 is 2.22 bits per heavy atom. The van der Waals surface area contributed by atoms with Gasteiger partial charge in [-0.25, -0.2) is 8.42 Å². The molecule has 1 aliphatic heterocycles. The van der Waals surface area contributed by atoms with Crippen LogP contribution in [0.1, 0.15) is 0 Å². The molecule has 0 aliphatic carbocycles. The molecule has 0 spiro atoms. The lowest BCUT2D eigenvalue weighted by atomic mass is 10.2. The Balaban J connectivity index is 1.76. The minimum Gasteiger partial charge on any atom is -0.369 e. The maximum absolute atomic E-state index is 12.8. The van der Waals surface area contributed by atoms with Gasteiger partial charge >= 0.3 is 0 Å². The first-order chi connectivity index (χ1) is 11.0. The van der Waals surface area contributed by atoms with E-state index in [1.165, 1.54) is 4.31 Å². The Morgan fingerprint density at radius 2 is 1.61 bits per heavy atom. The summed E-state index contributed by atoms with van der Waals surface area (Å²) in [7, 11) is -3.56. The van der Waals surface area contributed by atoms with Gasteiger partial charge in [-0.2, -0.15) is 4.31 Å². The second kappa shape index (κ2) is 6.81. The van der Waals surface area contributed by atoms with Crippen molar-refractivity contribution in [2.45, 2.75) is 4.90 Å². The first kappa shape index (κ1) is 16.8. The van der Waals surface area contributed by atoms with E-state index in [1.807, 2.05) is 30.3 Å². The third kappa shape index (κ3) is 3.55. The van der Waals surface area contributed by atoms with Gasteiger partial charge in [0.2, 0.25) is 10.0 Å². The molecule has 1 heterocycles. The highest BCUT2D eigenvalue weighted by Crippen LogP contribution is 2.28. The summed E-state index contributed by atoms with van der Waals surface area (Å²) in [4.78, 5) is 2.35. The molecule has 0 bridgehead atoms. The number of hydrogen-bond donors (Lipinski definition) is 0. The zero-order valence-corrected chi connectivity index (χ0v) is 15.5. The van der Waals surface area contributed by atoms with Crippen LogP contribution in [0.25, 0.3) is 0 Å². The molecule has 1 fully saturated rings. The van der Waals surface area contributed by atoms with Gasteiger partial charge in [-0.1, -0.05) is 45.7 Å². The molecule has 1 aliphatic rings. The van der Waals surface area contributed by atoms with Crippen LogP contribution in [0.3, 0.4) is 0 Å². The predicted molar refractivity (Wildman–Crippen MR) is 96.6 cm³/mol. The van der Waals surface area contributed by atoms with Crippen LogP contribution in [0.15, 0.2) is 57.9 Å². The van der Waals surface area contributed by atoms with Crippen LogP contribution < -0.4 is 4.90 Å². The maximum Gasteiger partial charge on any atom is 0.244 e. The van der Waals surface area contributed by atoms with Gasteiger partial charge in [0.05, 0.1) is 5.02 Å². The second-order valence-electron chi connectivity index (χ2n) is 5.30. The molecule has 4 nitrogen and oxygen atoms in total. The van der Waals surface area contributed by atoms with Crippen LogP contribution in [0.2, 0.25) is 5.02 Å². The van der Waals surface area contributed by atoms with E-state index in [0.717, 1.165) is 10.2 Å². The maximum atomic E-state index is 12.8. The molecular formula is C16H16BrClN2O2S.